The number of carbonyl (C=O) groups is 2. The summed E-state index contributed by atoms with van der Waals surface area (Å²) in [5, 5.41) is 8.80. The second kappa shape index (κ2) is 5.84. The largest absolute Gasteiger partial charge is 0.480 e. The maximum absolute atomic E-state index is 11.9. The minimum absolute atomic E-state index is 0.0994. The quantitative estimate of drug-likeness (QED) is 0.721. The summed E-state index contributed by atoms with van der Waals surface area (Å²) in [7, 11) is 0. The van der Waals surface area contributed by atoms with E-state index in [4.69, 9.17) is 10.8 Å². The van der Waals surface area contributed by atoms with E-state index >= 15 is 0 Å². The summed E-state index contributed by atoms with van der Waals surface area (Å²) in [5.41, 5.74) is 5.57. The Labute approximate surface area is 95.6 Å². The molecule has 1 saturated carbocycles. The van der Waals surface area contributed by atoms with E-state index in [1.54, 1.807) is 6.92 Å². The molecule has 0 aromatic carbocycles. The molecule has 0 saturated heterocycles. The van der Waals surface area contributed by atoms with Crippen molar-refractivity contribution < 1.29 is 14.7 Å². The Bertz CT molecular complexity index is 260. The molecule has 3 N–H and O–H groups in total. The topological polar surface area (TPSA) is 83.6 Å². The highest BCUT2D eigenvalue weighted by Gasteiger charge is 2.28. The van der Waals surface area contributed by atoms with E-state index in [0.29, 0.717) is 0 Å². The zero-order valence-corrected chi connectivity index (χ0v) is 9.69. The molecule has 0 aromatic rings. The number of carbonyl (C=O) groups excluding carboxylic acids is 1. The molecular formula is C11H20N2O3. The van der Waals surface area contributed by atoms with Gasteiger partial charge in [-0.1, -0.05) is 12.8 Å². The van der Waals surface area contributed by atoms with Gasteiger partial charge < -0.3 is 15.7 Å². The SMILES string of the molecule is CC(N)CC(=O)N(CC(=O)O)C1CCCC1. The molecule has 0 aromatic heterocycles. The first kappa shape index (κ1) is 13.0. The number of aliphatic carboxylic acids is 1. The second-order valence-electron chi connectivity index (χ2n) is 4.54. The van der Waals surface area contributed by atoms with Crippen molar-refractivity contribution in [3.63, 3.8) is 0 Å². The first-order valence-electron chi connectivity index (χ1n) is 5.77. The smallest absolute Gasteiger partial charge is 0.323 e. The summed E-state index contributed by atoms with van der Waals surface area (Å²) in [6.45, 7) is 1.56. The van der Waals surface area contributed by atoms with Crippen LogP contribution in [0, 0.1) is 0 Å². The van der Waals surface area contributed by atoms with Crippen molar-refractivity contribution in [1.82, 2.24) is 4.90 Å². The fourth-order valence-electron chi connectivity index (χ4n) is 2.18. The van der Waals surface area contributed by atoms with Crippen LogP contribution in [0.3, 0.4) is 0 Å². The molecule has 0 heterocycles. The van der Waals surface area contributed by atoms with E-state index < -0.39 is 5.97 Å². The Morgan fingerprint density at radius 3 is 2.44 bits per heavy atom. The Morgan fingerprint density at radius 1 is 1.44 bits per heavy atom. The molecular weight excluding hydrogens is 208 g/mol. The molecule has 1 rings (SSSR count). The van der Waals surface area contributed by atoms with Crippen LogP contribution in [-0.4, -0.2) is 40.5 Å². The summed E-state index contributed by atoms with van der Waals surface area (Å²) >= 11 is 0. The average molecular weight is 228 g/mol. The van der Waals surface area contributed by atoms with Crippen LogP contribution in [-0.2, 0) is 9.59 Å². The highest BCUT2D eigenvalue weighted by molar-refractivity contribution is 5.82. The third kappa shape index (κ3) is 3.81. The Balaban J connectivity index is 2.61. The standard InChI is InChI=1S/C11H20N2O3/c1-8(12)6-10(14)13(7-11(15)16)9-4-2-3-5-9/h8-9H,2-7,12H2,1H3,(H,15,16). The van der Waals surface area contributed by atoms with Crippen molar-refractivity contribution in [2.75, 3.05) is 6.54 Å². The van der Waals surface area contributed by atoms with E-state index in [1.165, 1.54) is 4.90 Å². The van der Waals surface area contributed by atoms with Gasteiger partial charge in [-0.25, -0.2) is 0 Å². The highest BCUT2D eigenvalue weighted by atomic mass is 16.4. The minimum atomic E-state index is -0.954. The lowest BCUT2D eigenvalue weighted by atomic mass is 10.1. The van der Waals surface area contributed by atoms with Crippen molar-refractivity contribution in [2.24, 2.45) is 5.73 Å². The van der Waals surface area contributed by atoms with Crippen molar-refractivity contribution in [1.29, 1.82) is 0 Å². The number of carboxylic acid groups (broad SMARTS) is 1. The van der Waals surface area contributed by atoms with Crippen molar-refractivity contribution in [2.45, 2.75) is 51.1 Å². The Hall–Kier alpha value is -1.10. The predicted molar refractivity (Wildman–Crippen MR) is 59.9 cm³/mol. The zero-order chi connectivity index (χ0) is 12.1. The molecule has 0 aliphatic heterocycles. The monoisotopic (exact) mass is 228 g/mol. The number of hydrogen-bond donors (Lipinski definition) is 2. The van der Waals surface area contributed by atoms with Crippen molar-refractivity contribution >= 4 is 11.9 Å². The van der Waals surface area contributed by atoms with Crippen LogP contribution in [0.25, 0.3) is 0 Å². The first-order chi connectivity index (χ1) is 7.50. The highest BCUT2D eigenvalue weighted by Crippen LogP contribution is 2.24. The summed E-state index contributed by atoms with van der Waals surface area (Å²) < 4.78 is 0. The van der Waals surface area contributed by atoms with Crippen molar-refractivity contribution in [3.8, 4) is 0 Å². The Kier molecular flexibility index (Phi) is 4.73. The van der Waals surface area contributed by atoms with E-state index in [0.717, 1.165) is 25.7 Å². The van der Waals surface area contributed by atoms with Gasteiger partial charge in [0.05, 0.1) is 0 Å². The molecule has 1 atom stereocenters. The van der Waals surface area contributed by atoms with Crippen LogP contribution in [0.15, 0.2) is 0 Å². The van der Waals surface area contributed by atoms with Gasteiger partial charge in [0.25, 0.3) is 0 Å². The molecule has 5 nitrogen and oxygen atoms in total. The van der Waals surface area contributed by atoms with Gasteiger partial charge in [0, 0.05) is 18.5 Å². The summed E-state index contributed by atoms with van der Waals surface area (Å²) in [6.07, 6.45) is 4.21. The molecule has 16 heavy (non-hydrogen) atoms. The van der Waals surface area contributed by atoms with Crippen LogP contribution >= 0.6 is 0 Å². The molecule has 1 fully saturated rings. The number of nitrogens with zero attached hydrogens (tertiary/aromatic N) is 1. The lowest BCUT2D eigenvalue weighted by Gasteiger charge is -2.28. The number of rotatable bonds is 5. The van der Waals surface area contributed by atoms with Gasteiger partial charge in [-0.05, 0) is 19.8 Å². The number of nitrogens with two attached hydrogens (primary N) is 1. The van der Waals surface area contributed by atoms with Gasteiger partial charge in [0.15, 0.2) is 0 Å². The lowest BCUT2D eigenvalue weighted by molar-refractivity contribution is -0.146. The first-order valence-corrected chi connectivity index (χ1v) is 5.77. The van der Waals surface area contributed by atoms with Gasteiger partial charge in [-0.2, -0.15) is 0 Å². The summed E-state index contributed by atoms with van der Waals surface area (Å²) in [4.78, 5) is 24.1. The number of carboxylic acids is 1. The normalized spacial score (nSPS) is 18.4. The van der Waals surface area contributed by atoms with E-state index in [-0.39, 0.29) is 31.0 Å². The predicted octanol–water partition coefficient (Wildman–Crippen LogP) is 0.579. The van der Waals surface area contributed by atoms with Crippen LogP contribution in [0.1, 0.15) is 39.0 Å². The molecule has 92 valence electrons. The maximum atomic E-state index is 11.9. The minimum Gasteiger partial charge on any atom is -0.480 e. The summed E-state index contributed by atoms with van der Waals surface area (Å²) in [5.74, 6) is -1.09. The third-order valence-electron chi connectivity index (χ3n) is 2.89. The van der Waals surface area contributed by atoms with Gasteiger partial charge in [0.2, 0.25) is 5.91 Å². The fraction of sp³-hybridized carbons (Fsp3) is 0.818. The molecule has 0 bridgehead atoms. The molecule has 1 aliphatic rings. The average Bonchev–Trinajstić information content (AvgIpc) is 2.64. The third-order valence-corrected chi connectivity index (χ3v) is 2.89. The van der Waals surface area contributed by atoms with Crippen LogP contribution < -0.4 is 5.73 Å². The van der Waals surface area contributed by atoms with Gasteiger partial charge in [0.1, 0.15) is 6.54 Å². The van der Waals surface area contributed by atoms with E-state index in [9.17, 15) is 9.59 Å². The van der Waals surface area contributed by atoms with Crippen LogP contribution in [0.2, 0.25) is 0 Å². The number of amides is 1. The lowest BCUT2D eigenvalue weighted by Crippen LogP contribution is -2.44. The molecule has 5 heteroatoms. The Morgan fingerprint density at radius 2 is 2.00 bits per heavy atom. The van der Waals surface area contributed by atoms with E-state index in [2.05, 4.69) is 0 Å². The van der Waals surface area contributed by atoms with E-state index in [1.807, 2.05) is 0 Å². The summed E-state index contributed by atoms with van der Waals surface area (Å²) in [6, 6.07) is -0.118. The molecule has 0 radical (unpaired) electrons. The molecule has 1 unspecified atom stereocenters. The van der Waals surface area contributed by atoms with Crippen LogP contribution in [0.5, 0.6) is 0 Å². The second-order valence-corrected chi connectivity index (χ2v) is 4.54. The fourth-order valence-corrected chi connectivity index (χ4v) is 2.18. The number of hydrogen-bond acceptors (Lipinski definition) is 3. The van der Waals surface area contributed by atoms with Crippen molar-refractivity contribution in [3.05, 3.63) is 0 Å². The van der Waals surface area contributed by atoms with Crippen LogP contribution in [0.4, 0.5) is 0 Å². The van der Waals surface area contributed by atoms with Gasteiger partial charge >= 0.3 is 5.97 Å². The maximum Gasteiger partial charge on any atom is 0.323 e. The zero-order valence-electron chi connectivity index (χ0n) is 9.69. The van der Waals surface area contributed by atoms with Gasteiger partial charge in [-0.15, -0.1) is 0 Å². The van der Waals surface area contributed by atoms with Gasteiger partial charge in [-0.3, -0.25) is 9.59 Å². The molecule has 0 spiro atoms. The molecule has 1 aliphatic carbocycles. The molecule has 1 amide bonds.